The maximum Gasteiger partial charge on any atom is 0.305 e. The number of carbonyl (C=O) groups excluding carboxylic acids is 2. The number of thioether (sulfide) groups is 1. The monoisotopic (exact) mass is 537 g/mol. The van der Waals surface area contributed by atoms with E-state index in [0.717, 1.165) is 18.4 Å². The zero-order valence-electron chi connectivity index (χ0n) is 19.3. The van der Waals surface area contributed by atoms with Gasteiger partial charge in [-0.05, 0) is 48.7 Å². The van der Waals surface area contributed by atoms with Crippen molar-refractivity contribution in [2.75, 3.05) is 20.8 Å². The van der Waals surface area contributed by atoms with Gasteiger partial charge in [-0.2, -0.15) is 0 Å². The number of amides is 1. The molecule has 2 aromatic rings. The summed E-state index contributed by atoms with van der Waals surface area (Å²) in [6, 6.07) is 9.66. The average molecular weight is 538 g/mol. The lowest BCUT2D eigenvalue weighted by atomic mass is 10.1. The van der Waals surface area contributed by atoms with Gasteiger partial charge < -0.3 is 14.2 Å². The number of benzene rings is 2. The molecule has 35 heavy (non-hydrogen) atoms. The van der Waals surface area contributed by atoms with Crippen LogP contribution >= 0.6 is 35.6 Å². The zero-order valence-corrected chi connectivity index (χ0v) is 21.7. The van der Waals surface area contributed by atoms with Gasteiger partial charge in [0.1, 0.15) is 16.7 Å². The zero-order chi connectivity index (χ0) is 25.4. The van der Waals surface area contributed by atoms with Crippen LogP contribution in [-0.4, -0.2) is 41.9 Å². The molecule has 1 fully saturated rings. The second kappa shape index (κ2) is 12.9. The molecule has 0 N–H and O–H groups in total. The second-order valence-corrected chi connectivity index (χ2v) is 9.70. The minimum absolute atomic E-state index is 0.0561. The fraction of sp³-hybridized carbons (Fsp3) is 0.320. The van der Waals surface area contributed by atoms with Gasteiger partial charge in [0.25, 0.3) is 5.91 Å². The van der Waals surface area contributed by atoms with E-state index < -0.39 is 5.82 Å². The lowest BCUT2D eigenvalue weighted by molar-refractivity contribution is -0.140. The van der Waals surface area contributed by atoms with E-state index in [-0.39, 0.29) is 29.1 Å². The number of halogens is 2. The van der Waals surface area contributed by atoms with Crippen molar-refractivity contribution in [3.63, 3.8) is 0 Å². The number of ether oxygens (including phenoxy) is 3. The molecule has 186 valence electrons. The first kappa shape index (κ1) is 27.0. The van der Waals surface area contributed by atoms with Crippen LogP contribution in [0.2, 0.25) is 5.02 Å². The molecule has 3 rings (SSSR count). The molecule has 0 aliphatic carbocycles. The summed E-state index contributed by atoms with van der Waals surface area (Å²) in [6.07, 6.45) is 4.35. The molecule has 0 unspecified atom stereocenters. The van der Waals surface area contributed by atoms with Gasteiger partial charge in [-0.25, -0.2) is 4.39 Å². The van der Waals surface area contributed by atoms with Crippen LogP contribution in [0.3, 0.4) is 0 Å². The maximum absolute atomic E-state index is 14.0. The van der Waals surface area contributed by atoms with Crippen LogP contribution in [0.15, 0.2) is 41.3 Å². The summed E-state index contributed by atoms with van der Waals surface area (Å²) < 4.78 is 30.3. The van der Waals surface area contributed by atoms with Gasteiger partial charge in [-0.15, -0.1) is 0 Å². The predicted octanol–water partition coefficient (Wildman–Crippen LogP) is 6.00. The number of rotatable bonds is 11. The quantitative estimate of drug-likeness (QED) is 0.151. The molecule has 0 saturated carbocycles. The Morgan fingerprint density at radius 3 is 2.69 bits per heavy atom. The van der Waals surface area contributed by atoms with Crippen LogP contribution in [-0.2, 0) is 20.9 Å². The fourth-order valence-corrected chi connectivity index (χ4v) is 4.90. The van der Waals surface area contributed by atoms with Crippen LogP contribution in [0.1, 0.15) is 36.8 Å². The molecule has 0 spiro atoms. The largest absolute Gasteiger partial charge is 0.493 e. The number of unbranched alkanes of at least 4 members (excludes halogenated alkanes) is 2. The third-order valence-corrected chi connectivity index (χ3v) is 7.01. The molecule has 1 heterocycles. The SMILES string of the molecule is COC(=O)CCCCCN1C(=O)/C(=C\c2ccc(OCc3c(F)cccc3Cl)c(OC)c2)SC1=S. The molecule has 1 aliphatic heterocycles. The molecular formula is C25H25ClFNO5S2. The number of hydrogen-bond donors (Lipinski definition) is 0. The first-order chi connectivity index (χ1) is 16.8. The van der Waals surface area contributed by atoms with Crippen LogP contribution in [0, 0.1) is 5.82 Å². The molecule has 10 heteroatoms. The Morgan fingerprint density at radius 2 is 1.97 bits per heavy atom. The van der Waals surface area contributed by atoms with E-state index >= 15 is 0 Å². The average Bonchev–Trinajstić information content (AvgIpc) is 3.11. The summed E-state index contributed by atoms with van der Waals surface area (Å²) in [6.45, 7) is 0.442. The number of nitrogens with zero attached hydrogens (tertiary/aromatic N) is 1. The number of hydrogen-bond acceptors (Lipinski definition) is 7. The summed E-state index contributed by atoms with van der Waals surface area (Å²) in [5, 5.41) is 0.283. The second-order valence-electron chi connectivity index (χ2n) is 7.62. The van der Waals surface area contributed by atoms with Crippen molar-refractivity contribution < 1.29 is 28.2 Å². The fourth-order valence-electron chi connectivity index (χ4n) is 3.38. The number of methoxy groups -OCH3 is 2. The molecule has 0 atom stereocenters. The van der Waals surface area contributed by atoms with E-state index in [0.29, 0.717) is 40.1 Å². The van der Waals surface area contributed by atoms with E-state index in [4.69, 9.17) is 33.3 Å². The van der Waals surface area contributed by atoms with Crippen molar-refractivity contribution in [2.45, 2.75) is 32.3 Å². The molecule has 0 bridgehead atoms. The summed E-state index contributed by atoms with van der Waals surface area (Å²) >= 11 is 12.7. The molecule has 0 radical (unpaired) electrons. The molecule has 1 saturated heterocycles. The van der Waals surface area contributed by atoms with Gasteiger partial charge in [0, 0.05) is 18.5 Å². The highest BCUT2D eigenvalue weighted by Crippen LogP contribution is 2.35. The minimum Gasteiger partial charge on any atom is -0.493 e. The third kappa shape index (κ3) is 7.19. The Bertz CT molecular complexity index is 1120. The lowest BCUT2D eigenvalue weighted by Crippen LogP contribution is -2.29. The van der Waals surface area contributed by atoms with E-state index in [1.807, 2.05) is 0 Å². The predicted molar refractivity (Wildman–Crippen MR) is 139 cm³/mol. The van der Waals surface area contributed by atoms with Gasteiger partial charge in [-0.3, -0.25) is 14.5 Å². The van der Waals surface area contributed by atoms with E-state index in [1.165, 1.54) is 38.1 Å². The van der Waals surface area contributed by atoms with E-state index in [1.54, 1.807) is 35.2 Å². The standard InChI is InChI=1S/C25H25ClFNO5S2/c1-31-21-13-16(10-11-20(21)33-15-17-18(26)7-6-8-19(17)27)14-22-24(30)28(25(34)35-22)12-5-3-4-9-23(29)32-2/h6-8,10-11,13-14H,3-5,9,12,15H2,1-2H3/b22-14+. The van der Waals surface area contributed by atoms with Crippen LogP contribution in [0.25, 0.3) is 6.08 Å². The van der Waals surface area contributed by atoms with Gasteiger partial charge >= 0.3 is 5.97 Å². The highest BCUT2D eigenvalue weighted by atomic mass is 35.5. The molecule has 6 nitrogen and oxygen atoms in total. The third-order valence-electron chi connectivity index (χ3n) is 5.28. The first-order valence-corrected chi connectivity index (χ1v) is 12.5. The smallest absolute Gasteiger partial charge is 0.305 e. The van der Waals surface area contributed by atoms with Crippen molar-refractivity contribution in [3.05, 3.63) is 63.3 Å². The van der Waals surface area contributed by atoms with Crippen molar-refractivity contribution >= 4 is 57.9 Å². The van der Waals surface area contributed by atoms with Gasteiger partial charge in [0.05, 0.1) is 24.1 Å². The minimum atomic E-state index is -0.446. The molecule has 2 aromatic carbocycles. The van der Waals surface area contributed by atoms with Gasteiger partial charge in [0.2, 0.25) is 0 Å². The number of carbonyl (C=O) groups is 2. The topological polar surface area (TPSA) is 65.1 Å². The normalized spacial score (nSPS) is 14.5. The van der Waals surface area contributed by atoms with Crippen LogP contribution in [0.5, 0.6) is 11.5 Å². The summed E-state index contributed by atoms with van der Waals surface area (Å²) in [5.74, 6) is 0.0252. The molecule has 1 aliphatic rings. The van der Waals surface area contributed by atoms with Crippen LogP contribution < -0.4 is 9.47 Å². The summed E-state index contributed by atoms with van der Waals surface area (Å²) in [4.78, 5) is 26.1. The Labute approximate surface area is 218 Å². The summed E-state index contributed by atoms with van der Waals surface area (Å²) in [5.41, 5.74) is 0.992. The Kier molecular flexibility index (Phi) is 9.94. The summed E-state index contributed by atoms with van der Waals surface area (Å²) in [7, 11) is 2.87. The number of thiocarbonyl (C=S) groups is 1. The van der Waals surface area contributed by atoms with Crippen LogP contribution in [0.4, 0.5) is 4.39 Å². The Morgan fingerprint density at radius 1 is 1.17 bits per heavy atom. The van der Waals surface area contributed by atoms with Crippen molar-refractivity contribution in [3.8, 4) is 11.5 Å². The molecular weight excluding hydrogens is 513 g/mol. The van der Waals surface area contributed by atoms with E-state index in [2.05, 4.69) is 4.74 Å². The Hall–Kier alpha value is -2.62. The van der Waals surface area contributed by atoms with Gasteiger partial charge in [0.15, 0.2) is 11.5 Å². The van der Waals surface area contributed by atoms with E-state index in [9.17, 15) is 14.0 Å². The Balaban J connectivity index is 1.63. The molecule has 0 aromatic heterocycles. The van der Waals surface area contributed by atoms with Gasteiger partial charge in [-0.1, -0.05) is 54.1 Å². The number of esters is 1. The van der Waals surface area contributed by atoms with Crippen molar-refractivity contribution in [2.24, 2.45) is 0 Å². The molecule has 1 amide bonds. The first-order valence-electron chi connectivity index (χ1n) is 10.9. The maximum atomic E-state index is 14.0. The highest BCUT2D eigenvalue weighted by molar-refractivity contribution is 8.26. The highest BCUT2D eigenvalue weighted by Gasteiger charge is 2.31. The van der Waals surface area contributed by atoms with Crippen molar-refractivity contribution in [1.82, 2.24) is 4.90 Å². The van der Waals surface area contributed by atoms with Crippen molar-refractivity contribution in [1.29, 1.82) is 0 Å². The lowest BCUT2D eigenvalue weighted by Gasteiger charge is -2.14.